The van der Waals surface area contributed by atoms with Gasteiger partial charge in [-0.15, -0.1) is 11.3 Å². The van der Waals surface area contributed by atoms with Crippen molar-refractivity contribution in [2.75, 3.05) is 18.9 Å². The number of nitrogens with one attached hydrogen (secondary N) is 1. The van der Waals surface area contributed by atoms with E-state index in [4.69, 9.17) is 4.98 Å². The SMILES string of the molecule is Cc1cc(C)c(NC(=O)CN(C)Cc2nc(-c3ccc(C)c(C)c3)c(C)s2)c(C)c1. The highest BCUT2D eigenvalue weighted by molar-refractivity contribution is 7.12. The zero-order valence-corrected chi connectivity index (χ0v) is 19.8. The summed E-state index contributed by atoms with van der Waals surface area (Å²) in [6.45, 7) is 13.5. The monoisotopic (exact) mass is 421 g/mol. The third kappa shape index (κ3) is 5.15. The van der Waals surface area contributed by atoms with Gasteiger partial charge in [0.05, 0.1) is 18.8 Å². The van der Waals surface area contributed by atoms with Crippen molar-refractivity contribution >= 4 is 22.9 Å². The van der Waals surface area contributed by atoms with E-state index in [0.29, 0.717) is 13.1 Å². The van der Waals surface area contributed by atoms with Crippen molar-refractivity contribution in [1.29, 1.82) is 0 Å². The topological polar surface area (TPSA) is 45.2 Å². The van der Waals surface area contributed by atoms with Gasteiger partial charge in [-0.2, -0.15) is 0 Å². The van der Waals surface area contributed by atoms with Gasteiger partial charge in [0.25, 0.3) is 0 Å². The summed E-state index contributed by atoms with van der Waals surface area (Å²) in [6.07, 6.45) is 0. The molecule has 30 heavy (non-hydrogen) atoms. The molecule has 0 unspecified atom stereocenters. The van der Waals surface area contributed by atoms with E-state index in [1.54, 1.807) is 11.3 Å². The molecule has 0 atom stereocenters. The Labute approximate surface area is 184 Å². The number of aromatic nitrogens is 1. The number of aryl methyl sites for hydroxylation is 6. The quantitative estimate of drug-likeness (QED) is 0.553. The van der Waals surface area contributed by atoms with Crippen LogP contribution in [0.15, 0.2) is 30.3 Å². The fourth-order valence-electron chi connectivity index (χ4n) is 3.76. The molecule has 0 aliphatic carbocycles. The molecular weight excluding hydrogens is 390 g/mol. The molecule has 0 aliphatic heterocycles. The van der Waals surface area contributed by atoms with Crippen molar-refractivity contribution in [1.82, 2.24) is 9.88 Å². The summed E-state index contributed by atoms with van der Waals surface area (Å²) in [6, 6.07) is 10.7. The van der Waals surface area contributed by atoms with Crippen molar-refractivity contribution in [3.05, 3.63) is 68.0 Å². The van der Waals surface area contributed by atoms with E-state index in [2.05, 4.69) is 63.3 Å². The lowest BCUT2D eigenvalue weighted by atomic mass is 10.0. The molecule has 0 saturated heterocycles. The van der Waals surface area contributed by atoms with E-state index in [1.807, 2.05) is 25.8 Å². The Kier molecular flexibility index (Phi) is 6.74. The first-order valence-electron chi connectivity index (χ1n) is 10.2. The molecule has 0 aliphatic rings. The highest BCUT2D eigenvalue weighted by Gasteiger charge is 2.15. The van der Waals surface area contributed by atoms with E-state index < -0.39 is 0 Å². The first-order valence-corrected chi connectivity index (χ1v) is 11.1. The molecule has 0 radical (unpaired) electrons. The number of carbonyl (C=O) groups is 1. The fraction of sp³-hybridized carbons (Fsp3) is 0.360. The van der Waals surface area contributed by atoms with Crippen molar-refractivity contribution in [2.24, 2.45) is 0 Å². The molecule has 0 bridgehead atoms. The van der Waals surface area contributed by atoms with E-state index >= 15 is 0 Å². The summed E-state index contributed by atoms with van der Waals surface area (Å²) in [5.74, 6) is -0.00443. The van der Waals surface area contributed by atoms with Crippen LogP contribution in [0.1, 0.15) is 37.7 Å². The van der Waals surface area contributed by atoms with Crippen LogP contribution in [0, 0.1) is 41.5 Å². The van der Waals surface area contributed by atoms with Crippen LogP contribution in [0.2, 0.25) is 0 Å². The number of likely N-dealkylation sites (N-methyl/N-ethyl adjacent to an activating group) is 1. The van der Waals surface area contributed by atoms with Crippen LogP contribution in [0.25, 0.3) is 11.3 Å². The lowest BCUT2D eigenvalue weighted by Crippen LogP contribution is -2.30. The van der Waals surface area contributed by atoms with Crippen molar-refractivity contribution in [2.45, 2.75) is 48.1 Å². The second-order valence-corrected chi connectivity index (χ2v) is 9.59. The normalized spacial score (nSPS) is 11.2. The number of rotatable bonds is 6. The Hall–Kier alpha value is -2.50. The molecule has 4 nitrogen and oxygen atoms in total. The van der Waals surface area contributed by atoms with Gasteiger partial charge in [-0.25, -0.2) is 4.98 Å². The number of hydrogen-bond donors (Lipinski definition) is 1. The minimum absolute atomic E-state index is 0.00443. The van der Waals surface area contributed by atoms with Gasteiger partial charge in [0, 0.05) is 16.1 Å². The lowest BCUT2D eigenvalue weighted by Gasteiger charge is -2.17. The largest absolute Gasteiger partial charge is 0.324 e. The maximum atomic E-state index is 12.6. The number of thiazole rings is 1. The van der Waals surface area contributed by atoms with Crippen LogP contribution in [-0.4, -0.2) is 29.4 Å². The summed E-state index contributed by atoms with van der Waals surface area (Å²) in [5.41, 5.74) is 9.08. The molecule has 1 amide bonds. The van der Waals surface area contributed by atoms with Gasteiger partial charge >= 0.3 is 0 Å². The highest BCUT2D eigenvalue weighted by atomic mass is 32.1. The molecule has 1 aromatic heterocycles. The predicted molar refractivity (Wildman–Crippen MR) is 127 cm³/mol. The van der Waals surface area contributed by atoms with Gasteiger partial charge < -0.3 is 5.32 Å². The Morgan fingerprint density at radius 3 is 2.27 bits per heavy atom. The zero-order valence-electron chi connectivity index (χ0n) is 19.0. The van der Waals surface area contributed by atoms with Crippen LogP contribution >= 0.6 is 11.3 Å². The van der Waals surface area contributed by atoms with Crippen LogP contribution in [0.4, 0.5) is 5.69 Å². The van der Waals surface area contributed by atoms with E-state index in [9.17, 15) is 4.79 Å². The molecular formula is C25H31N3OS. The summed E-state index contributed by atoms with van der Waals surface area (Å²) in [7, 11) is 1.96. The second kappa shape index (κ2) is 9.11. The molecule has 5 heteroatoms. The minimum Gasteiger partial charge on any atom is -0.324 e. The molecule has 1 heterocycles. The summed E-state index contributed by atoms with van der Waals surface area (Å²) in [4.78, 5) is 20.7. The number of anilines is 1. The van der Waals surface area contributed by atoms with Gasteiger partial charge in [0.15, 0.2) is 0 Å². The number of benzene rings is 2. The number of nitrogens with zero attached hydrogens (tertiary/aromatic N) is 2. The predicted octanol–water partition coefficient (Wildman–Crippen LogP) is 5.73. The molecule has 158 valence electrons. The van der Waals surface area contributed by atoms with Crippen LogP contribution in [0.3, 0.4) is 0 Å². The summed E-state index contributed by atoms with van der Waals surface area (Å²) in [5, 5.41) is 4.11. The smallest absolute Gasteiger partial charge is 0.238 e. The number of carbonyl (C=O) groups excluding carboxylic acids is 1. The van der Waals surface area contributed by atoms with E-state index in [-0.39, 0.29) is 5.91 Å². The Balaban J connectivity index is 1.66. The van der Waals surface area contributed by atoms with Crippen molar-refractivity contribution in [3.8, 4) is 11.3 Å². The van der Waals surface area contributed by atoms with Gasteiger partial charge in [-0.1, -0.05) is 29.8 Å². The molecule has 2 aromatic carbocycles. The van der Waals surface area contributed by atoms with E-state index in [0.717, 1.165) is 33.1 Å². The van der Waals surface area contributed by atoms with Gasteiger partial charge in [0.2, 0.25) is 5.91 Å². The van der Waals surface area contributed by atoms with Gasteiger partial charge in [-0.3, -0.25) is 9.69 Å². The third-order valence-corrected chi connectivity index (χ3v) is 6.34. The Morgan fingerprint density at radius 2 is 1.63 bits per heavy atom. The molecule has 0 saturated carbocycles. The number of hydrogen-bond acceptors (Lipinski definition) is 4. The van der Waals surface area contributed by atoms with Crippen LogP contribution in [0.5, 0.6) is 0 Å². The minimum atomic E-state index is -0.00443. The highest BCUT2D eigenvalue weighted by Crippen LogP contribution is 2.29. The molecule has 3 rings (SSSR count). The molecule has 0 spiro atoms. The lowest BCUT2D eigenvalue weighted by molar-refractivity contribution is -0.117. The summed E-state index contributed by atoms with van der Waals surface area (Å²) >= 11 is 1.70. The van der Waals surface area contributed by atoms with Crippen molar-refractivity contribution in [3.63, 3.8) is 0 Å². The van der Waals surface area contributed by atoms with E-state index in [1.165, 1.54) is 21.6 Å². The first kappa shape index (κ1) is 22.2. The van der Waals surface area contributed by atoms with Crippen molar-refractivity contribution < 1.29 is 4.79 Å². The first-order chi connectivity index (χ1) is 14.1. The molecule has 1 N–H and O–H groups in total. The second-order valence-electron chi connectivity index (χ2n) is 8.31. The number of amides is 1. The van der Waals surface area contributed by atoms with Crippen LogP contribution in [-0.2, 0) is 11.3 Å². The fourth-order valence-corrected chi connectivity index (χ4v) is 4.80. The standard InChI is InChI=1S/C25H31N3OS/c1-15-10-18(4)24(19(5)11-15)26-22(29)13-28(7)14-23-27-25(20(6)30-23)21-9-8-16(2)17(3)12-21/h8-12H,13-14H2,1-7H3,(H,26,29). The third-order valence-electron chi connectivity index (χ3n) is 5.38. The Bertz CT molecular complexity index is 1060. The van der Waals surface area contributed by atoms with Gasteiger partial charge in [0.1, 0.15) is 5.01 Å². The van der Waals surface area contributed by atoms with Crippen LogP contribution < -0.4 is 5.32 Å². The molecule has 0 fully saturated rings. The average molecular weight is 422 g/mol. The zero-order chi connectivity index (χ0) is 22.0. The average Bonchev–Trinajstić information content (AvgIpc) is 3.00. The maximum absolute atomic E-state index is 12.6. The van der Waals surface area contributed by atoms with Gasteiger partial charge in [-0.05, 0) is 76.9 Å². The molecule has 3 aromatic rings. The maximum Gasteiger partial charge on any atom is 0.238 e. The summed E-state index contributed by atoms with van der Waals surface area (Å²) < 4.78 is 0. The Morgan fingerprint density at radius 1 is 0.967 bits per heavy atom.